The fourth-order valence-electron chi connectivity index (χ4n) is 0.995. The van der Waals surface area contributed by atoms with E-state index < -0.39 is 0 Å². The van der Waals surface area contributed by atoms with Crippen molar-refractivity contribution in [3.8, 4) is 0 Å². The van der Waals surface area contributed by atoms with Crippen molar-refractivity contribution in [1.82, 2.24) is 5.32 Å². The smallest absolute Gasteiger partial charge is 0.124 e. The number of carbonyl (C=O) groups is 1. The highest BCUT2D eigenvalue weighted by Crippen LogP contribution is 2.05. The highest BCUT2D eigenvalue weighted by Gasteiger charge is 2.09. The number of hydrogen-bond acceptors (Lipinski definition) is 2. The normalized spacial score (nSPS) is 24.4. The monoisotopic (exact) mass is 143 g/mol. The van der Waals surface area contributed by atoms with Crippen LogP contribution in [0.2, 0.25) is 0 Å². The van der Waals surface area contributed by atoms with Crippen molar-refractivity contribution in [2.75, 3.05) is 13.1 Å². The van der Waals surface area contributed by atoms with Crippen LogP contribution in [-0.2, 0) is 4.79 Å². The third kappa shape index (κ3) is 3.62. The van der Waals surface area contributed by atoms with Gasteiger partial charge >= 0.3 is 0 Å². The van der Waals surface area contributed by atoms with E-state index in [4.69, 9.17) is 0 Å². The number of hydrogen-bond donors (Lipinski definition) is 1. The number of nitrogens with one attached hydrogen (secondary N) is 1. The molecule has 0 aromatic carbocycles. The van der Waals surface area contributed by atoms with Gasteiger partial charge in [-0.1, -0.05) is 13.8 Å². The van der Waals surface area contributed by atoms with Crippen LogP contribution in [0.15, 0.2) is 0 Å². The summed E-state index contributed by atoms with van der Waals surface area (Å²) in [5.41, 5.74) is 0. The Morgan fingerprint density at radius 1 is 1.50 bits per heavy atom. The molecule has 0 saturated carbocycles. The Hall–Kier alpha value is -0.370. The molecule has 0 aliphatic carbocycles. The Morgan fingerprint density at radius 3 is 2.50 bits per heavy atom. The van der Waals surface area contributed by atoms with Crippen molar-refractivity contribution in [2.24, 2.45) is 5.92 Å². The van der Waals surface area contributed by atoms with Crippen molar-refractivity contribution in [1.29, 1.82) is 0 Å². The van der Waals surface area contributed by atoms with E-state index in [-0.39, 0.29) is 0 Å². The first-order chi connectivity index (χ1) is 4.93. The lowest BCUT2D eigenvalue weighted by atomic mass is 10.0. The molecule has 1 rings (SSSR count). The summed E-state index contributed by atoms with van der Waals surface area (Å²) in [5, 5.41) is 3.15. The van der Waals surface area contributed by atoms with E-state index >= 15 is 0 Å². The first kappa shape index (κ1) is 9.63. The van der Waals surface area contributed by atoms with Crippen LogP contribution >= 0.6 is 0 Å². The Bertz CT molecular complexity index is 77.3. The predicted octanol–water partition coefficient (Wildman–Crippen LogP) is 1.21. The molecule has 0 bridgehead atoms. The molecule has 1 heterocycles. The lowest BCUT2D eigenvalue weighted by Crippen LogP contribution is -2.30. The van der Waals surface area contributed by atoms with Gasteiger partial charge < -0.3 is 10.1 Å². The van der Waals surface area contributed by atoms with E-state index in [9.17, 15) is 4.79 Å². The van der Waals surface area contributed by atoms with Crippen LogP contribution in [0.1, 0.15) is 26.7 Å². The molecule has 0 unspecified atom stereocenters. The van der Waals surface area contributed by atoms with Gasteiger partial charge in [0.2, 0.25) is 0 Å². The molecular weight excluding hydrogens is 126 g/mol. The maximum atomic E-state index is 10.1. The van der Waals surface area contributed by atoms with Gasteiger partial charge in [-0.05, 0) is 19.4 Å². The molecule has 1 aliphatic rings. The zero-order chi connectivity index (χ0) is 7.82. The third-order valence-electron chi connectivity index (χ3n) is 1.53. The molecule has 0 radical (unpaired) electrons. The Balaban J connectivity index is 0.000000371. The fraction of sp³-hybridized carbons (Fsp3) is 0.875. The van der Waals surface area contributed by atoms with Gasteiger partial charge in [0.15, 0.2) is 0 Å². The Kier molecular flexibility index (Phi) is 6.50. The van der Waals surface area contributed by atoms with Crippen molar-refractivity contribution >= 4 is 6.29 Å². The topological polar surface area (TPSA) is 29.1 Å². The van der Waals surface area contributed by atoms with Gasteiger partial charge in [-0.15, -0.1) is 0 Å². The summed E-state index contributed by atoms with van der Waals surface area (Å²) < 4.78 is 0. The quantitative estimate of drug-likeness (QED) is 0.559. The second-order valence-electron chi connectivity index (χ2n) is 2.24. The summed E-state index contributed by atoms with van der Waals surface area (Å²) in [4.78, 5) is 10.1. The minimum atomic E-state index is 0.295. The van der Waals surface area contributed by atoms with E-state index in [0.29, 0.717) is 5.92 Å². The SMILES string of the molecule is CC.O=C[C@@H]1CCCNC1. The lowest BCUT2D eigenvalue weighted by Gasteiger charge is -2.16. The van der Waals surface area contributed by atoms with E-state index in [1.54, 1.807) is 0 Å². The molecule has 0 amide bonds. The summed E-state index contributed by atoms with van der Waals surface area (Å²) >= 11 is 0. The predicted molar refractivity (Wildman–Crippen MR) is 43.0 cm³/mol. The molecule has 0 aromatic rings. The van der Waals surface area contributed by atoms with Gasteiger partial charge in [0.1, 0.15) is 6.29 Å². The number of piperidine rings is 1. The summed E-state index contributed by atoms with van der Waals surface area (Å²) in [6.45, 7) is 5.98. The molecule has 1 atom stereocenters. The molecule has 10 heavy (non-hydrogen) atoms. The standard InChI is InChI=1S/C6H11NO.C2H6/c8-5-6-2-1-3-7-4-6;1-2/h5-7H,1-4H2;1-2H3/t6-;/m1./s1. The molecule has 60 valence electrons. The van der Waals surface area contributed by atoms with E-state index in [1.807, 2.05) is 13.8 Å². The molecule has 1 saturated heterocycles. The van der Waals surface area contributed by atoms with Gasteiger partial charge in [0, 0.05) is 12.5 Å². The molecule has 0 spiro atoms. The molecule has 2 nitrogen and oxygen atoms in total. The molecule has 1 N–H and O–H groups in total. The zero-order valence-corrected chi connectivity index (χ0v) is 6.89. The van der Waals surface area contributed by atoms with Gasteiger partial charge in [-0.25, -0.2) is 0 Å². The van der Waals surface area contributed by atoms with E-state index in [0.717, 1.165) is 32.2 Å². The van der Waals surface area contributed by atoms with Crippen LogP contribution in [0, 0.1) is 5.92 Å². The first-order valence-corrected chi connectivity index (χ1v) is 4.09. The van der Waals surface area contributed by atoms with Crippen molar-refractivity contribution in [2.45, 2.75) is 26.7 Å². The molecule has 2 heteroatoms. The summed E-state index contributed by atoms with van der Waals surface area (Å²) in [5.74, 6) is 0.295. The van der Waals surface area contributed by atoms with Crippen molar-refractivity contribution in [3.63, 3.8) is 0 Å². The average Bonchev–Trinajstić information content (AvgIpc) is 2.10. The van der Waals surface area contributed by atoms with Gasteiger partial charge in [0.25, 0.3) is 0 Å². The van der Waals surface area contributed by atoms with E-state index in [2.05, 4.69) is 5.32 Å². The number of carbonyl (C=O) groups excluding carboxylic acids is 1. The summed E-state index contributed by atoms with van der Waals surface area (Å²) in [6, 6.07) is 0. The fourth-order valence-corrected chi connectivity index (χ4v) is 0.995. The van der Waals surface area contributed by atoms with Crippen LogP contribution in [-0.4, -0.2) is 19.4 Å². The average molecular weight is 143 g/mol. The Labute approximate surface area is 63.0 Å². The maximum Gasteiger partial charge on any atom is 0.124 e. The van der Waals surface area contributed by atoms with Crippen LogP contribution in [0.25, 0.3) is 0 Å². The molecule has 1 fully saturated rings. The summed E-state index contributed by atoms with van der Waals surface area (Å²) in [6.07, 6.45) is 3.28. The number of aldehydes is 1. The minimum Gasteiger partial charge on any atom is -0.316 e. The third-order valence-corrected chi connectivity index (χ3v) is 1.53. The lowest BCUT2D eigenvalue weighted by molar-refractivity contribution is -0.111. The second-order valence-corrected chi connectivity index (χ2v) is 2.24. The minimum absolute atomic E-state index is 0.295. The van der Waals surface area contributed by atoms with Crippen molar-refractivity contribution < 1.29 is 4.79 Å². The largest absolute Gasteiger partial charge is 0.316 e. The van der Waals surface area contributed by atoms with Crippen LogP contribution < -0.4 is 5.32 Å². The second kappa shape index (κ2) is 6.75. The molecular formula is C8H17NO. The zero-order valence-electron chi connectivity index (χ0n) is 6.89. The van der Waals surface area contributed by atoms with Gasteiger partial charge in [0.05, 0.1) is 0 Å². The van der Waals surface area contributed by atoms with Crippen LogP contribution in [0.3, 0.4) is 0 Å². The maximum absolute atomic E-state index is 10.1. The van der Waals surface area contributed by atoms with Crippen molar-refractivity contribution in [3.05, 3.63) is 0 Å². The van der Waals surface area contributed by atoms with E-state index in [1.165, 1.54) is 0 Å². The first-order valence-electron chi connectivity index (χ1n) is 4.09. The van der Waals surface area contributed by atoms with Crippen LogP contribution in [0.5, 0.6) is 0 Å². The summed E-state index contributed by atoms with van der Waals surface area (Å²) in [7, 11) is 0. The Morgan fingerprint density at radius 2 is 2.20 bits per heavy atom. The van der Waals surface area contributed by atoms with Gasteiger partial charge in [-0.3, -0.25) is 0 Å². The highest BCUT2D eigenvalue weighted by molar-refractivity contribution is 5.53. The molecule has 0 aromatic heterocycles. The molecule has 1 aliphatic heterocycles. The highest BCUT2D eigenvalue weighted by atomic mass is 16.1. The van der Waals surface area contributed by atoms with Gasteiger partial charge in [-0.2, -0.15) is 0 Å². The number of rotatable bonds is 1. The van der Waals surface area contributed by atoms with Crippen LogP contribution in [0.4, 0.5) is 0 Å².